The van der Waals surface area contributed by atoms with Gasteiger partial charge in [-0.05, 0) is 30.2 Å². The van der Waals surface area contributed by atoms with Gasteiger partial charge in [0.25, 0.3) is 5.91 Å². The van der Waals surface area contributed by atoms with E-state index in [4.69, 9.17) is 0 Å². The van der Waals surface area contributed by atoms with Gasteiger partial charge in [0, 0.05) is 0 Å². The van der Waals surface area contributed by atoms with Crippen LogP contribution in [0.3, 0.4) is 0 Å². The highest BCUT2D eigenvalue weighted by molar-refractivity contribution is 5.94. The number of aromatic nitrogens is 2. The van der Waals surface area contributed by atoms with Crippen LogP contribution >= 0.6 is 0 Å². The van der Waals surface area contributed by atoms with Gasteiger partial charge in [-0.3, -0.25) is 4.79 Å². The van der Waals surface area contributed by atoms with Crippen LogP contribution in [0.4, 0.5) is 4.39 Å². The van der Waals surface area contributed by atoms with Crippen molar-refractivity contribution in [1.29, 1.82) is 0 Å². The van der Waals surface area contributed by atoms with Crippen molar-refractivity contribution in [3.63, 3.8) is 0 Å². The Balaban J connectivity index is 1.90. The van der Waals surface area contributed by atoms with Crippen LogP contribution in [0.2, 0.25) is 0 Å². The second kappa shape index (κ2) is 6.20. The van der Waals surface area contributed by atoms with Gasteiger partial charge in [0.2, 0.25) is 0 Å². The molecule has 0 saturated carbocycles. The lowest BCUT2D eigenvalue weighted by molar-refractivity contribution is 0.0919. The maximum Gasteiger partial charge on any atom is 0.254 e. The number of carbonyl (C=O) groups excluding carboxylic acids is 1. The first-order chi connectivity index (χ1) is 11.1. The molecule has 0 aliphatic rings. The van der Waals surface area contributed by atoms with Crippen LogP contribution < -0.4 is 5.32 Å². The van der Waals surface area contributed by atoms with Gasteiger partial charge in [0.05, 0.1) is 22.6 Å². The molecule has 2 aromatic carbocycles. The zero-order chi connectivity index (χ0) is 16.4. The van der Waals surface area contributed by atoms with Crippen LogP contribution in [0.5, 0.6) is 0 Å². The van der Waals surface area contributed by atoms with Crippen molar-refractivity contribution in [3.8, 4) is 0 Å². The largest absolute Gasteiger partial charge is 0.342 e. The molecule has 5 heteroatoms. The van der Waals surface area contributed by atoms with E-state index < -0.39 is 11.7 Å². The fourth-order valence-corrected chi connectivity index (χ4v) is 2.53. The van der Waals surface area contributed by atoms with Crippen molar-refractivity contribution >= 4 is 16.9 Å². The van der Waals surface area contributed by atoms with E-state index in [-0.39, 0.29) is 17.5 Å². The molecule has 1 aromatic heterocycles. The second-order valence-corrected chi connectivity index (χ2v) is 5.81. The Morgan fingerprint density at radius 2 is 1.83 bits per heavy atom. The van der Waals surface area contributed by atoms with Crippen LogP contribution in [0.15, 0.2) is 48.5 Å². The molecule has 2 N–H and O–H groups in total. The number of para-hydroxylation sites is 2. The Morgan fingerprint density at radius 1 is 1.13 bits per heavy atom. The SMILES string of the molecule is CC(C)[C@H](NC(=O)c1ccccc1F)c1nc2ccccc2[nH]1. The van der Waals surface area contributed by atoms with Crippen molar-refractivity contribution in [2.45, 2.75) is 19.9 Å². The topological polar surface area (TPSA) is 57.8 Å². The summed E-state index contributed by atoms with van der Waals surface area (Å²) < 4.78 is 13.8. The molecule has 1 amide bonds. The van der Waals surface area contributed by atoms with Gasteiger partial charge in [0.15, 0.2) is 0 Å². The predicted octanol–water partition coefficient (Wildman–Crippen LogP) is 3.83. The normalized spacial score (nSPS) is 12.5. The summed E-state index contributed by atoms with van der Waals surface area (Å²) in [6.07, 6.45) is 0. The van der Waals surface area contributed by atoms with Crippen molar-refractivity contribution in [3.05, 3.63) is 65.7 Å². The van der Waals surface area contributed by atoms with Gasteiger partial charge in [-0.2, -0.15) is 0 Å². The maximum absolute atomic E-state index is 13.8. The van der Waals surface area contributed by atoms with Crippen LogP contribution in [0, 0.1) is 11.7 Å². The van der Waals surface area contributed by atoms with E-state index in [1.807, 2.05) is 38.1 Å². The van der Waals surface area contributed by atoms with E-state index >= 15 is 0 Å². The standard InChI is InChI=1S/C18H18FN3O/c1-11(2)16(17-20-14-9-5-6-10-15(14)21-17)22-18(23)12-7-3-4-8-13(12)19/h3-11,16H,1-2H3,(H,20,21)(H,22,23)/t16-/m0/s1. The first-order valence-electron chi connectivity index (χ1n) is 7.56. The number of hydrogen-bond donors (Lipinski definition) is 2. The lowest BCUT2D eigenvalue weighted by Gasteiger charge is -2.20. The summed E-state index contributed by atoms with van der Waals surface area (Å²) in [7, 11) is 0. The number of nitrogens with one attached hydrogen (secondary N) is 2. The Kier molecular flexibility index (Phi) is 4.10. The highest BCUT2D eigenvalue weighted by atomic mass is 19.1. The average molecular weight is 311 g/mol. The van der Waals surface area contributed by atoms with Gasteiger partial charge in [-0.15, -0.1) is 0 Å². The number of H-pyrrole nitrogens is 1. The Hall–Kier alpha value is -2.69. The van der Waals surface area contributed by atoms with Crippen molar-refractivity contribution in [1.82, 2.24) is 15.3 Å². The number of benzene rings is 2. The number of fused-ring (bicyclic) bond motifs is 1. The molecule has 1 atom stereocenters. The molecule has 0 radical (unpaired) electrons. The van der Waals surface area contributed by atoms with Crippen molar-refractivity contribution < 1.29 is 9.18 Å². The van der Waals surface area contributed by atoms with E-state index in [2.05, 4.69) is 15.3 Å². The summed E-state index contributed by atoms with van der Waals surface area (Å²) in [4.78, 5) is 20.1. The summed E-state index contributed by atoms with van der Waals surface area (Å²) in [6.45, 7) is 3.97. The number of nitrogens with zero attached hydrogens (tertiary/aromatic N) is 1. The van der Waals surface area contributed by atoms with Crippen LogP contribution in [0.1, 0.15) is 36.1 Å². The number of hydrogen-bond acceptors (Lipinski definition) is 2. The summed E-state index contributed by atoms with van der Waals surface area (Å²) in [5.74, 6) is -0.198. The van der Waals surface area contributed by atoms with E-state index in [1.165, 1.54) is 12.1 Å². The summed E-state index contributed by atoms with van der Waals surface area (Å²) in [6, 6.07) is 13.3. The van der Waals surface area contributed by atoms with Crippen LogP contribution in [0.25, 0.3) is 11.0 Å². The molecule has 3 rings (SSSR count). The van der Waals surface area contributed by atoms with Gasteiger partial charge in [0.1, 0.15) is 11.6 Å². The molecule has 0 saturated heterocycles. The Labute approximate surface area is 133 Å². The quantitative estimate of drug-likeness (QED) is 0.769. The average Bonchev–Trinajstić information content (AvgIpc) is 2.96. The summed E-state index contributed by atoms with van der Waals surface area (Å²) in [5.41, 5.74) is 1.79. The highest BCUT2D eigenvalue weighted by Crippen LogP contribution is 2.23. The van der Waals surface area contributed by atoms with Gasteiger partial charge < -0.3 is 10.3 Å². The molecule has 23 heavy (non-hydrogen) atoms. The molecule has 0 unspecified atom stereocenters. The number of carbonyl (C=O) groups is 1. The fraction of sp³-hybridized carbons (Fsp3) is 0.222. The molecule has 0 bridgehead atoms. The zero-order valence-corrected chi connectivity index (χ0v) is 13.0. The Bertz CT molecular complexity index is 808. The summed E-state index contributed by atoms with van der Waals surface area (Å²) >= 11 is 0. The molecule has 118 valence electrons. The van der Waals surface area contributed by atoms with E-state index in [0.717, 1.165) is 11.0 Å². The molecule has 4 nitrogen and oxygen atoms in total. The third kappa shape index (κ3) is 3.08. The Morgan fingerprint density at radius 3 is 2.52 bits per heavy atom. The van der Waals surface area contributed by atoms with Crippen molar-refractivity contribution in [2.75, 3.05) is 0 Å². The summed E-state index contributed by atoms with van der Waals surface area (Å²) in [5, 5.41) is 2.88. The molecule has 1 heterocycles. The smallest absolute Gasteiger partial charge is 0.254 e. The lowest BCUT2D eigenvalue weighted by atomic mass is 10.0. The van der Waals surface area contributed by atoms with Gasteiger partial charge in [-0.1, -0.05) is 38.1 Å². The lowest BCUT2D eigenvalue weighted by Crippen LogP contribution is -2.33. The molecule has 0 spiro atoms. The van der Waals surface area contributed by atoms with E-state index in [1.54, 1.807) is 12.1 Å². The minimum atomic E-state index is -0.530. The number of rotatable bonds is 4. The number of imidazole rings is 1. The fourth-order valence-electron chi connectivity index (χ4n) is 2.53. The van der Waals surface area contributed by atoms with Crippen molar-refractivity contribution in [2.24, 2.45) is 5.92 Å². The monoisotopic (exact) mass is 311 g/mol. The van der Waals surface area contributed by atoms with E-state index in [9.17, 15) is 9.18 Å². The first-order valence-corrected chi connectivity index (χ1v) is 7.56. The van der Waals surface area contributed by atoms with Gasteiger partial charge >= 0.3 is 0 Å². The third-order valence-corrected chi connectivity index (χ3v) is 3.77. The van der Waals surface area contributed by atoms with E-state index in [0.29, 0.717) is 5.82 Å². The predicted molar refractivity (Wildman–Crippen MR) is 87.5 cm³/mol. The first kappa shape index (κ1) is 15.2. The maximum atomic E-state index is 13.8. The third-order valence-electron chi connectivity index (χ3n) is 3.77. The molecular formula is C18H18FN3O. The number of halogens is 1. The number of amides is 1. The minimum absolute atomic E-state index is 0.0364. The highest BCUT2D eigenvalue weighted by Gasteiger charge is 2.23. The van der Waals surface area contributed by atoms with Crippen LogP contribution in [-0.2, 0) is 0 Å². The second-order valence-electron chi connectivity index (χ2n) is 5.81. The zero-order valence-electron chi connectivity index (χ0n) is 13.0. The molecule has 0 aliphatic heterocycles. The van der Waals surface area contributed by atoms with Gasteiger partial charge in [-0.25, -0.2) is 9.37 Å². The molecule has 0 aliphatic carbocycles. The molecular weight excluding hydrogens is 293 g/mol. The van der Waals surface area contributed by atoms with Crippen LogP contribution in [-0.4, -0.2) is 15.9 Å². The molecule has 0 fully saturated rings. The number of aromatic amines is 1. The minimum Gasteiger partial charge on any atom is -0.342 e. The molecule has 3 aromatic rings.